The van der Waals surface area contributed by atoms with Gasteiger partial charge < -0.3 is 14.8 Å². The number of amides is 1. The van der Waals surface area contributed by atoms with E-state index < -0.39 is 16.1 Å². The summed E-state index contributed by atoms with van der Waals surface area (Å²) in [4.78, 5) is 12.2. The van der Waals surface area contributed by atoms with Crippen LogP contribution < -0.4 is 19.5 Å². The first-order valence-corrected chi connectivity index (χ1v) is 10.2. The molecule has 1 unspecified atom stereocenters. The lowest BCUT2D eigenvalue weighted by molar-refractivity contribution is -0.123. The van der Waals surface area contributed by atoms with Crippen molar-refractivity contribution in [1.82, 2.24) is 0 Å². The number of fused-ring (bicyclic) bond motifs is 1. The molecule has 1 aliphatic heterocycles. The van der Waals surface area contributed by atoms with Crippen molar-refractivity contribution in [3.8, 4) is 11.5 Å². The van der Waals surface area contributed by atoms with Gasteiger partial charge in [-0.05, 0) is 55.3 Å². The van der Waals surface area contributed by atoms with Gasteiger partial charge >= 0.3 is 0 Å². The molecule has 7 nitrogen and oxygen atoms in total. The topological polar surface area (TPSA) is 93.7 Å². The summed E-state index contributed by atoms with van der Waals surface area (Å²) in [5.41, 5.74) is 0.763. The molecule has 8 heteroatoms. The summed E-state index contributed by atoms with van der Waals surface area (Å²) in [5, 5.41) is 2.74. The third-order valence-electron chi connectivity index (χ3n) is 4.24. The molecule has 2 N–H and O–H groups in total. The molecule has 1 amide bonds. The van der Waals surface area contributed by atoms with E-state index in [1.54, 1.807) is 30.3 Å². The molecule has 0 spiro atoms. The minimum absolute atomic E-state index is 0.0352. The third kappa shape index (κ3) is 4.33. The fourth-order valence-electron chi connectivity index (χ4n) is 2.75. The molecule has 0 saturated carbocycles. The van der Waals surface area contributed by atoms with Crippen molar-refractivity contribution in [2.45, 2.75) is 37.2 Å². The summed E-state index contributed by atoms with van der Waals surface area (Å²) in [6.07, 6.45) is 1.93. The lowest BCUT2D eigenvalue weighted by Crippen LogP contribution is -2.37. The minimum atomic E-state index is -3.81. The van der Waals surface area contributed by atoms with Gasteiger partial charge in [0.05, 0.1) is 17.7 Å². The number of methoxy groups -OCH3 is 1. The number of benzene rings is 2. The van der Waals surface area contributed by atoms with E-state index >= 15 is 0 Å². The summed E-state index contributed by atoms with van der Waals surface area (Å²) in [6.45, 7) is 2.04. The molecular formula is C19H22N2O5S. The van der Waals surface area contributed by atoms with Gasteiger partial charge in [0.1, 0.15) is 11.5 Å². The normalized spacial score (nSPS) is 16.1. The van der Waals surface area contributed by atoms with Crippen LogP contribution in [0.2, 0.25) is 0 Å². The van der Waals surface area contributed by atoms with Gasteiger partial charge in [-0.25, -0.2) is 8.42 Å². The molecule has 0 aliphatic carbocycles. The molecule has 2 aromatic carbocycles. The lowest BCUT2D eigenvalue weighted by Gasteiger charge is -2.26. The molecule has 0 aromatic heterocycles. The predicted octanol–water partition coefficient (Wildman–Crippen LogP) is 3.39. The van der Waals surface area contributed by atoms with Crippen molar-refractivity contribution in [1.29, 1.82) is 0 Å². The maximum Gasteiger partial charge on any atom is 0.265 e. The fourth-order valence-corrected chi connectivity index (χ4v) is 3.83. The van der Waals surface area contributed by atoms with E-state index in [-0.39, 0.29) is 10.8 Å². The molecule has 3 rings (SSSR count). The fraction of sp³-hybridized carbons (Fsp3) is 0.316. The van der Waals surface area contributed by atoms with Crippen molar-refractivity contribution >= 4 is 27.3 Å². The highest BCUT2D eigenvalue weighted by atomic mass is 32.2. The number of anilines is 2. The van der Waals surface area contributed by atoms with Gasteiger partial charge in [-0.15, -0.1) is 0 Å². The Labute approximate surface area is 158 Å². The van der Waals surface area contributed by atoms with Crippen LogP contribution in [-0.4, -0.2) is 27.5 Å². The van der Waals surface area contributed by atoms with Crippen molar-refractivity contribution < 1.29 is 22.7 Å². The van der Waals surface area contributed by atoms with Crippen LogP contribution in [0.3, 0.4) is 0 Å². The number of hydrogen-bond acceptors (Lipinski definition) is 5. The summed E-state index contributed by atoms with van der Waals surface area (Å²) in [5.74, 6) is 0.844. The summed E-state index contributed by atoms with van der Waals surface area (Å²) in [6, 6.07) is 11.0. The number of ether oxygens (including phenoxy) is 2. The highest BCUT2D eigenvalue weighted by molar-refractivity contribution is 7.92. The van der Waals surface area contributed by atoms with Crippen molar-refractivity contribution in [3.05, 3.63) is 42.5 Å². The zero-order valence-electron chi connectivity index (χ0n) is 15.2. The molecule has 1 atom stereocenters. The lowest BCUT2D eigenvalue weighted by atomic mass is 10.1. The highest BCUT2D eigenvalue weighted by Gasteiger charge is 2.28. The van der Waals surface area contributed by atoms with Crippen LogP contribution in [0.15, 0.2) is 47.4 Å². The van der Waals surface area contributed by atoms with Gasteiger partial charge in [-0.1, -0.05) is 13.3 Å². The van der Waals surface area contributed by atoms with Gasteiger partial charge in [0.15, 0.2) is 6.10 Å². The first kappa shape index (κ1) is 19.0. The number of hydrogen-bond donors (Lipinski definition) is 2. The van der Waals surface area contributed by atoms with Crippen LogP contribution in [0, 0.1) is 0 Å². The van der Waals surface area contributed by atoms with Crippen molar-refractivity contribution in [2.75, 3.05) is 17.1 Å². The van der Waals surface area contributed by atoms with E-state index in [2.05, 4.69) is 10.0 Å². The Hall–Kier alpha value is -2.74. The number of rotatable bonds is 7. The standard InChI is InChI=1S/C19H22N2O5S/c1-3-4-5-18-19(22)20-16-12-15(10-11-17(16)26-18)27(23,24)21-13-6-8-14(25-2)9-7-13/h6-12,18,21H,3-5H2,1-2H3,(H,20,22). The first-order chi connectivity index (χ1) is 12.9. The van der Waals surface area contributed by atoms with Gasteiger partial charge in [0, 0.05) is 5.69 Å². The number of nitrogens with one attached hydrogen (secondary N) is 2. The molecule has 144 valence electrons. The van der Waals surface area contributed by atoms with Gasteiger partial charge in [-0.2, -0.15) is 0 Å². The summed E-state index contributed by atoms with van der Waals surface area (Å²) in [7, 11) is -2.27. The maximum absolute atomic E-state index is 12.6. The zero-order chi connectivity index (χ0) is 19.4. The second kappa shape index (κ2) is 7.87. The molecular weight excluding hydrogens is 368 g/mol. The van der Waals surface area contributed by atoms with Crippen LogP contribution in [0.25, 0.3) is 0 Å². The largest absolute Gasteiger partial charge is 0.497 e. The third-order valence-corrected chi connectivity index (χ3v) is 5.62. The number of sulfonamides is 1. The van der Waals surface area contributed by atoms with Crippen LogP contribution >= 0.6 is 0 Å². The monoisotopic (exact) mass is 390 g/mol. The quantitative estimate of drug-likeness (QED) is 0.756. The van der Waals surface area contributed by atoms with Crippen LogP contribution in [0.1, 0.15) is 26.2 Å². The average molecular weight is 390 g/mol. The molecule has 0 saturated heterocycles. The highest BCUT2D eigenvalue weighted by Crippen LogP contribution is 2.33. The zero-order valence-corrected chi connectivity index (χ0v) is 16.0. The first-order valence-electron chi connectivity index (χ1n) is 8.71. The molecule has 0 radical (unpaired) electrons. The maximum atomic E-state index is 12.6. The van der Waals surface area contributed by atoms with E-state index in [9.17, 15) is 13.2 Å². The summed E-state index contributed by atoms with van der Waals surface area (Å²) >= 11 is 0. The molecule has 1 heterocycles. The predicted molar refractivity (Wildman–Crippen MR) is 103 cm³/mol. The second-order valence-electron chi connectivity index (χ2n) is 6.23. The van der Waals surface area contributed by atoms with E-state index in [0.717, 1.165) is 12.8 Å². The van der Waals surface area contributed by atoms with Crippen LogP contribution in [0.5, 0.6) is 11.5 Å². The Balaban J connectivity index is 1.79. The summed E-state index contributed by atoms with van der Waals surface area (Å²) < 4.78 is 38.5. The van der Waals surface area contributed by atoms with Crippen LogP contribution in [0.4, 0.5) is 11.4 Å². The molecule has 1 aliphatic rings. The molecule has 0 fully saturated rings. The molecule has 27 heavy (non-hydrogen) atoms. The van der Waals surface area contributed by atoms with Gasteiger partial charge in [0.2, 0.25) is 0 Å². The molecule has 2 aromatic rings. The minimum Gasteiger partial charge on any atom is -0.497 e. The number of unbranched alkanes of at least 4 members (excludes halogenated alkanes) is 1. The molecule has 0 bridgehead atoms. The van der Waals surface area contributed by atoms with Crippen molar-refractivity contribution in [3.63, 3.8) is 0 Å². The smallest absolute Gasteiger partial charge is 0.265 e. The van der Waals surface area contributed by atoms with E-state index in [1.165, 1.54) is 19.2 Å². The Morgan fingerprint density at radius 3 is 2.59 bits per heavy atom. The number of carbonyl (C=O) groups excluding carboxylic acids is 1. The Morgan fingerprint density at radius 2 is 1.93 bits per heavy atom. The average Bonchev–Trinajstić information content (AvgIpc) is 2.66. The van der Waals surface area contributed by atoms with E-state index in [0.29, 0.717) is 29.3 Å². The Kier molecular flexibility index (Phi) is 5.55. The van der Waals surface area contributed by atoms with Crippen LogP contribution in [-0.2, 0) is 14.8 Å². The van der Waals surface area contributed by atoms with Gasteiger partial charge in [0.25, 0.3) is 15.9 Å². The van der Waals surface area contributed by atoms with Crippen molar-refractivity contribution in [2.24, 2.45) is 0 Å². The Bertz CT molecular complexity index is 926. The van der Waals surface area contributed by atoms with Gasteiger partial charge in [-0.3, -0.25) is 9.52 Å². The number of carbonyl (C=O) groups is 1. The Morgan fingerprint density at radius 1 is 1.19 bits per heavy atom. The van der Waals surface area contributed by atoms with E-state index in [1.807, 2.05) is 6.92 Å². The van der Waals surface area contributed by atoms with E-state index in [4.69, 9.17) is 9.47 Å². The SMILES string of the molecule is CCCCC1Oc2ccc(S(=O)(=O)Nc3ccc(OC)cc3)cc2NC1=O. The second-order valence-corrected chi connectivity index (χ2v) is 7.91.